The summed E-state index contributed by atoms with van der Waals surface area (Å²) in [5, 5.41) is 4.86. The van der Waals surface area contributed by atoms with Crippen LogP contribution in [0.25, 0.3) is 0 Å². The molecule has 5 aliphatic rings. The highest BCUT2D eigenvalue weighted by Crippen LogP contribution is 2.76. The van der Waals surface area contributed by atoms with Crippen molar-refractivity contribution in [3.63, 3.8) is 0 Å². The van der Waals surface area contributed by atoms with Gasteiger partial charge in [0.1, 0.15) is 6.10 Å². The largest absolute Gasteiger partial charge is 0.462 e. The van der Waals surface area contributed by atoms with Crippen molar-refractivity contribution in [1.82, 2.24) is 5.32 Å². The molecule has 1 amide bonds. The number of allylic oxidation sites excluding steroid dienone is 2. The van der Waals surface area contributed by atoms with Crippen LogP contribution >= 0.6 is 11.3 Å². The fraction of sp³-hybridized carbons (Fsp3) is 0.737. The Kier molecular flexibility index (Phi) is 7.90. The number of ketones is 2. The van der Waals surface area contributed by atoms with Crippen molar-refractivity contribution < 1.29 is 23.9 Å². The van der Waals surface area contributed by atoms with Gasteiger partial charge in [-0.3, -0.25) is 19.2 Å². The third-order valence-corrected chi connectivity index (χ3v) is 15.2. The van der Waals surface area contributed by atoms with E-state index in [9.17, 15) is 19.2 Å². The second-order valence-electron chi connectivity index (χ2n) is 16.8. The zero-order valence-corrected chi connectivity index (χ0v) is 29.5. The first-order valence-corrected chi connectivity index (χ1v) is 18.2. The normalized spacial score (nSPS) is 40.2. The number of hydrogen-bond donors (Lipinski definition) is 1. The van der Waals surface area contributed by atoms with Crippen molar-refractivity contribution in [2.24, 2.45) is 50.7 Å². The van der Waals surface area contributed by atoms with E-state index in [1.54, 1.807) is 11.3 Å². The van der Waals surface area contributed by atoms with Crippen LogP contribution in [0.15, 0.2) is 28.7 Å². The molecule has 45 heavy (non-hydrogen) atoms. The number of Topliss-reactive ketones (excluding diaryl/α,β-unsaturated/α-hetero) is 2. The van der Waals surface area contributed by atoms with E-state index in [4.69, 9.17) is 4.74 Å². The summed E-state index contributed by atoms with van der Waals surface area (Å²) in [4.78, 5) is 54.7. The standard InChI is InChI=1S/C38H53NO5S/c1-22(2)30-26(41)20-38(32(42)33(43)39-21-24-10-9-19-45-24)18-17-36(7)25(31(30)38)11-12-28-35(6)15-14-29(44-23(3)40)34(4,5)27(35)13-16-37(28,36)8/h9-10,19,22,25,27-29H,11-18,20-21H2,1-8H3,(H,39,43)/t25-,27+,28-,29+,35+,36-,37-,38-/m1/s1. The minimum absolute atomic E-state index is 0.00911. The van der Waals surface area contributed by atoms with Crippen LogP contribution in [-0.2, 0) is 30.5 Å². The van der Waals surface area contributed by atoms with Crippen LogP contribution in [0.4, 0.5) is 0 Å². The predicted octanol–water partition coefficient (Wildman–Crippen LogP) is 7.85. The van der Waals surface area contributed by atoms with Crippen LogP contribution in [0, 0.1) is 50.7 Å². The summed E-state index contributed by atoms with van der Waals surface area (Å²) in [5.41, 5.74) is 0.797. The van der Waals surface area contributed by atoms with Crippen LogP contribution in [0.5, 0.6) is 0 Å². The molecule has 1 aromatic heterocycles. The summed E-state index contributed by atoms with van der Waals surface area (Å²) in [6, 6.07) is 3.90. The molecular weight excluding hydrogens is 582 g/mol. The zero-order chi connectivity index (χ0) is 32.7. The first-order chi connectivity index (χ1) is 21.0. The van der Waals surface area contributed by atoms with Crippen molar-refractivity contribution >= 4 is 34.8 Å². The smallest absolute Gasteiger partial charge is 0.302 e. The Labute approximate surface area is 273 Å². The highest BCUT2D eigenvalue weighted by atomic mass is 32.1. The molecule has 0 saturated heterocycles. The van der Waals surface area contributed by atoms with Crippen LogP contribution in [0.2, 0.25) is 0 Å². The fourth-order valence-corrected chi connectivity index (χ4v) is 12.8. The summed E-state index contributed by atoms with van der Waals surface area (Å²) < 4.78 is 5.91. The Morgan fingerprint density at radius 1 is 0.956 bits per heavy atom. The molecule has 1 heterocycles. The van der Waals surface area contributed by atoms with Gasteiger partial charge in [0.25, 0.3) is 5.91 Å². The highest BCUT2D eigenvalue weighted by Gasteiger charge is 2.71. The Morgan fingerprint density at radius 3 is 2.33 bits per heavy atom. The summed E-state index contributed by atoms with van der Waals surface area (Å²) >= 11 is 1.56. The van der Waals surface area contributed by atoms with Gasteiger partial charge in [0.05, 0.1) is 12.0 Å². The van der Waals surface area contributed by atoms with Crippen LogP contribution in [0.1, 0.15) is 118 Å². The lowest BCUT2D eigenvalue weighted by Gasteiger charge is -2.72. The fourth-order valence-electron chi connectivity index (χ4n) is 12.2. The van der Waals surface area contributed by atoms with E-state index >= 15 is 0 Å². The molecule has 0 aromatic carbocycles. The topological polar surface area (TPSA) is 89.5 Å². The van der Waals surface area contributed by atoms with Crippen molar-refractivity contribution in [3.8, 4) is 0 Å². The monoisotopic (exact) mass is 635 g/mol. The van der Waals surface area contributed by atoms with Crippen LogP contribution in [-0.4, -0.2) is 29.5 Å². The number of nitrogens with one attached hydrogen (secondary N) is 1. The number of ether oxygens (including phenoxy) is 1. The highest BCUT2D eigenvalue weighted by molar-refractivity contribution is 7.09. The molecule has 1 aromatic rings. The molecule has 6 rings (SSSR count). The number of carbonyl (C=O) groups is 4. The number of carbonyl (C=O) groups excluding carboxylic acids is 4. The second-order valence-corrected chi connectivity index (χ2v) is 17.9. The number of fused-ring (bicyclic) bond motifs is 7. The van der Waals surface area contributed by atoms with Gasteiger partial charge < -0.3 is 10.1 Å². The van der Waals surface area contributed by atoms with Gasteiger partial charge >= 0.3 is 5.97 Å². The molecule has 0 spiro atoms. The molecule has 4 saturated carbocycles. The first-order valence-electron chi connectivity index (χ1n) is 17.3. The molecule has 1 N–H and O–H groups in total. The lowest BCUT2D eigenvalue weighted by molar-refractivity contribution is -0.232. The minimum atomic E-state index is -1.02. The number of rotatable bonds is 6. The van der Waals surface area contributed by atoms with E-state index in [1.165, 1.54) is 6.92 Å². The van der Waals surface area contributed by atoms with Crippen molar-refractivity contribution in [2.45, 2.75) is 126 Å². The first kappa shape index (κ1) is 32.7. The van der Waals surface area contributed by atoms with Crippen molar-refractivity contribution in [2.75, 3.05) is 0 Å². The molecule has 0 radical (unpaired) electrons. The lowest BCUT2D eigenvalue weighted by atomic mass is 9.33. The van der Waals surface area contributed by atoms with Crippen molar-refractivity contribution in [1.29, 1.82) is 0 Å². The molecule has 5 aliphatic carbocycles. The third kappa shape index (κ3) is 4.59. The van der Waals surface area contributed by atoms with Crippen LogP contribution < -0.4 is 5.32 Å². The quantitative estimate of drug-likeness (QED) is 0.254. The average molecular weight is 636 g/mol. The summed E-state index contributed by atoms with van der Waals surface area (Å²) in [6.07, 6.45) is 7.59. The average Bonchev–Trinajstić information content (AvgIpc) is 3.59. The van der Waals surface area contributed by atoms with Gasteiger partial charge in [-0.15, -0.1) is 11.3 Å². The van der Waals surface area contributed by atoms with E-state index in [-0.39, 0.29) is 57.8 Å². The maximum absolute atomic E-state index is 14.3. The minimum Gasteiger partial charge on any atom is -0.462 e. The van der Waals surface area contributed by atoms with E-state index in [2.05, 4.69) is 53.8 Å². The SMILES string of the molecule is CC(=O)O[C@H]1CC[C@]2(C)[C@H]3CC[C@@H]4C5=C(C(C)C)C(=O)C[C@]5(C(=O)C(=O)NCc5cccs5)CC[C@@]4(C)[C@]3(C)CC[C@H]2C1(C)C. The number of esters is 1. The Morgan fingerprint density at radius 2 is 1.69 bits per heavy atom. The Balaban J connectivity index is 1.36. The molecule has 6 nitrogen and oxygen atoms in total. The van der Waals surface area contributed by atoms with E-state index in [0.717, 1.165) is 61.0 Å². The number of thiophene rings is 1. The molecule has 0 bridgehead atoms. The number of hydrogen-bond acceptors (Lipinski definition) is 6. The van der Waals surface area contributed by atoms with E-state index < -0.39 is 17.1 Å². The molecule has 0 unspecified atom stereocenters. The van der Waals surface area contributed by atoms with Gasteiger partial charge in [-0.25, -0.2) is 0 Å². The van der Waals surface area contributed by atoms with E-state index in [0.29, 0.717) is 24.8 Å². The maximum Gasteiger partial charge on any atom is 0.302 e. The molecule has 8 atom stereocenters. The summed E-state index contributed by atoms with van der Waals surface area (Å²) in [6.45, 7) is 18.1. The zero-order valence-electron chi connectivity index (χ0n) is 28.6. The van der Waals surface area contributed by atoms with Gasteiger partial charge in [0, 0.05) is 23.6 Å². The van der Waals surface area contributed by atoms with Gasteiger partial charge in [-0.1, -0.05) is 54.5 Å². The molecule has 246 valence electrons. The summed E-state index contributed by atoms with van der Waals surface area (Å²) in [7, 11) is 0. The lowest BCUT2D eigenvalue weighted by Crippen LogP contribution is -2.66. The number of amides is 1. The molecule has 7 heteroatoms. The summed E-state index contributed by atoms with van der Waals surface area (Å²) in [5.74, 6) is -0.0131. The van der Waals surface area contributed by atoms with Gasteiger partial charge in [-0.2, -0.15) is 0 Å². The van der Waals surface area contributed by atoms with Crippen molar-refractivity contribution in [3.05, 3.63) is 33.5 Å². The van der Waals surface area contributed by atoms with Gasteiger partial charge in [0.2, 0.25) is 5.78 Å². The Hall–Kier alpha value is -2.28. The molecule has 4 fully saturated rings. The maximum atomic E-state index is 14.3. The molecule has 0 aliphatic heterocycles. The van der Waals surface area contributed by atoms with Gasteiger partial charge in [-0.05, 0) is 114 Å². The van der Waals surface area contributed by atoms with Gasteiger partial charge in [0.15, 0.2) is 5.78 Å². The predicted molar refractivity (Wildman–Crippen MR) is 176 cm³/mol. The third-order valence-electron chi connectivity index (χ3n) is 14.3. The second kappa shape index (κ2) is 10.9. The molecular formula is C38H53NO5S. The van der Waals surface area contributed by atoms with E-state index in [1.807, 2.05) is 17.5 Å². The Bertz CT molecular complexity index is 1440. The van der Waals surface area contributed by atoms with Crippen LogP contribution in [0.3, 0.4) is 0 Å².